The number of hydrogen-bond acceptors (Lipinski definition) is 3. The zero-order valence-corrected chi connectivity index (χ0v) is 18.5. The summed E-state index contributed by atoms with van der Waals surface area (Å²) in [6, 6.07) is 23.9. The van der Waals surface area contributed by atoms with Gasteiger partial charge in [-0.2, -0.15) is 0 Å². The van der Waals surface area contributed by atoms with Crippen molar-refractivity contribution < 1.29 is 9.59 Å². The molecule has 1 amide bonds. The van der Waals surface area contributed by atoms with Gasteiger partial charge in [0.2, 0.25) is 5.91 Å². The molecule has 1 N–H and O–H groups in total. The predicted octanol–water partition coefficient (Wildman–Crippen LogP) is 5.60. The van der Waals surface area contributed by atoms with Gasteiger partial charge in [-0.25, -0.2) is 0 Å². The number of nitrogens with one attached hydrogen (secondary N) is 1. The summed E-state index contributed by atoms with van der Waals surface area (Å²) < 4.78 is 0. The average molecular weight is 455 g/mol. The van der Waals surface area contributed by atoms with Gasteiger partial charge in [-0.05, 0) is 43.1 Å². The summed E-state index contributed by atoms with van der Waals surface area (Å²) in [5.41, 5.74) is 2.63. The second kappa shape index (κ2) is 10.6. The minimum Gasteiger partial charge on any atom is -0.324 e. The zero-order chi connectivity index (χ0) is 20.9. The van der Waals surface area contributed by atoms with Crippen LogP contribution in [0, 0.1) is 0 Å². The topological polar surface area (TPSA) is 49.4 Å². The van der Waals surface area contributed by atoms with Crippen molar-refractivity contribution in [1.29, 1.82) is 0 Å². The van der Waals surface area contributed by atoms with Crippen LogP contribution in [0.25, 0.3) is 0 Å². The Morgan fingerprint density at radius 1 is 0.968 bits per heavy atom. The molecule has 1 heterocycles. The molecule has 160 valence electrons. The lowest BCUT2D eigenvalue weighted by Crippen LogP contribution is -2.39. The largest absolute Gasteiger partial charge is 0.324 e. The minimum absolute atomic E-state index is 0. The Hall–Kier alpha value is -2.66. The summed E-state index contributed by atoms with van der Waals surface area (Å²) in [4.78, 5) is 28.3. The number of nitrogens with zero attached hydrogens (tertiary/aromatic N) is 1. The number of carbonyl (C=O) groups is 2. The molecule has 1 fully saturated rings. The zero-order valence-electron chi connectivity index (χ0n) is 17.0. The van der Waals surface area contributed by atoms with Crippen LogP contribution in [0.2, 0.25) is 5.02 Å². The van der Waals surface area contributed by atoms with Gasteiger partial charge in [-0.1, -0.05) is 72.3 Å². The molecule has 4 rings (SSSR count). The molecule has 0 aromatic heterocycles. The van der Waals surface area contributed by atoms with Crippen LogP contribution in [0.1, 0.15) is 34.3 Å². The third-order valence-corrected chi connectivity index (χ3v) is 5.65. The maximum absolute atomic E-state index is 13.1. The molecule has 1 aliphatic heterocycles. The monoisotopic (exact) mass is 454 g/mol. The summed E-state index contributed by atoms with van der Waals surface area (Å²) in [6.45, 7) is 1.61. The van der Waals surface area contributed by atoms with Crippen LogP contribution in [0.15, 0.2) is 78.9 Å². The van der Waals surface area contributed by atoms with Crippen LogP contribution < -0.4 is 5.32 Å². The smallest absolute Gasteiger partial charge is 0.241 e. The van der Waals surface area contributed by atoms with E-state index in [4.69, 9.17) is 11.6 Å². The van der Waals surface area contributed by atoms with Crippen LogP contribution in [-0.2, 0) is 11.3 Å². The minimum atomic E-state index is -0.222. The van der Waals surface area contributed by atoms with E-state index in [2.05, 4.69) is 22.3 Å². The van der Waals surface area contributed by atoms with Crippen molar-refractivity contribution >= 4 is 41.4 Å². The maximum atomic E-state index is 13.1. The lowest BCUT2D eigenvalue weighted by Gasteiger charge is -2.24. The predicted molar refractivity (Wildman–Crippen MR) is 127 cm³/mol. The molecule has 1 unspecified atom stereocenters. The Morgan fingerprint density at radius 2 is 1.65 bits per heavy atom. The molecular weight excluding hydrogens is 431 g/mol. The van der Waals surface area contributed by atoms with Crippen LogP contribution in [0.5, 0.6) is 0 Å². The van der Waals surface area contributed by atoms with E-state index >= 15 is 0 Å². The first kappa shape index (κ1) is 23.0. The van der Waals surface area contributed by atoms with E-state index in [9.17, 15) is 9.59 Å². The molecule has 0 saturated carbocycles. The van der Waals surface area contributed by atoms with Crippen molar-refractivity contribution in [2.45, 2.75) is 25.4 Å². The first-order chi connectivity index (χ1) is 14.6. The van der Waals surface area contributed by atoms with E-state index in [1.165, 1.54) is 5.56 Å². The fraction of sp³-hybridized carbons (Fsp3) is 0.200. The van der Waals surface area contributed by atoms with Crippen molar-refractivity contribution in [2.75, 3.05) is 11.9 Å². The highest BCUT2D eigenvalue weighted by Crippen LogP contribution is 2.26. The van der Waals surface area contributed by atoms with Gasteiger partial charge in [0.15, 0.2) is 5.78 Å². The number of ketones is 1. The molecule has 0 bridgehead atoms. The maximum Gasteiger partial charge on any atom is 0.241 e. The van der Waals surface area contributed by atoms with Crippen molar-refractivity contribution in [2.24, 2.45) is 0 Å². The Kier molecular flexibility index (Phi) is 7.85. The van der Waals surface area contributed by atoms with Gasteiger partial charge in [-0.3, -0.25) is 14.5 Å². The molecule has 0 aliphatic carbocycles. The molecular formula is C25H24Cl2N2O2. The van der Waals surface area contributed by atoms with E-state index < -0.39 is 0 Å². The van der Waals surface area contributed by atoms with Crippen LogP contribution in [0.4, 0.5) is 5.69 Å². The third kappa shape index (κ3) is 5.53. The van der Waals surface area contributed by atoms with Crippen molar-refractivity contribution in [1.82, 2.24) is 4.90 Å². The average Bonchev–Trinajstić information content (AvgIpc) is 3.24. The number of hydrogen-bond donors (Lipinski definition) is 1. The molecule has 31 heavy (non-hydrogen) atoms. The molecule has 3 aromatic carbocycles. The van der Waals surface area contributed by atoms with Crippen LogP contribution in [0.3, 0.4) is 0 Å². The van der Waals surface area contributed by atoms with Crippen LogP contribution in [-0.4, -0.2) is 29.2 Å². The second-order valence-corrected chi connectivity index (χ2v) is 7.92. The van der Waals surface area contributed by atoms with Gasteiger partial charge < -0.3 is 5.32 Å². The number of amides is 1. The van der Waals surface area contributed by atoms with E-state index in [1.54, 1.807) is 30.3 Å². The van der Waals surface area contributed by atoms with Gasteiger partial charge in [-0.15, -0.1) is 12.4 Å². The molecule has 1 saturated heterocycles. The highest BCUT2D eigenvalue weighted by atomic mass is 35.5. The van der Waals surface area contributed by atoms with Crippen molar-refractivity contribution in [3.8, 4) is 0 Å². The van der Waals surface area contributed by atoms with E-state index in [-0.39, 0.29) is 30.1 Å². The SMILES string of the molecule is Cl.O=C(c1ccccc1)c1cc(Cl)ccc1NC(=O)C1CCCN1Cc1ccccc1. The van der Waals surface area contributed by atoms with Crippen molar-refractivity contribution in [3.63, 3.8) is 0 Å². The molecule has 6 heteroatoms. The van der Waals surface area contributed by atoms with E-state index in [0.29, 0.717) is 21.8 Å². The Morgan fingerprint density at radius 3 is 2.35 bits per heavy atom. The van der Waals surface area contributed by atoms with Gasteiger partial charge in [0.25, 0.3) is 0 Å². The first-order valence-corrected chi connectivity index (χ1v) is 10.5. The summed E-state index contributed by atoms with van der Waals surface area (Å²) in [5, 5.41) is 3.44. The molecule has 1 atom stereocenters. The Bertz CT molecular complexity index is 1040. The Labute approximate surface area is 193 Å². The second-order valence-electron chi connectivity index (χ2n) is 7.49. The fourth-order valence-electron chi connectivity index (χ4n) is 3.90. The van der Waals surface area contributed by atoms with Gasteiger partial charge in [0, 0.05) is 22.7 Å². The first-order valence-electron chi connectivity index (χ1n) is 10.1. The number of halogens is 2. The molecule has 4 nitrogen and oxygen atoms in total. The fourth-order valence-corrected chi connectivity index (χ4v) is 4.08. The third-order valence-electron chi connectivity index (χ3n) is 5.41. The molecule has 3 aromatic rings. The normalized spacial score (nSPS) is 15.8. The highest BCUT2D eigenvalue weighted by molar-refractivity contribution is 6.31. The van der Waals surface area contributed by atoms with Gasteiger partial charge >= 0.3 is 0 Å². The Balaban J connectivity index is 0.00000272. The number of carbonyl (C=O) groups excluding carboxylic acids is 2. The number of benzene rings is 3. The number of likely N-dealkylation sites (tertiary alicyclic amines) is 1. The summed E-state index contributed by atoms with van der Waals surface area (Å²) in [7, 11) is 0. The van der Waals surface area contributed by atoms with E-state index in [1.807, 2.05) is 36.4 Å². The van der Waals surface area contributed by atoms with Gasteiger partial charge in [0.05, 0.1) is 11.7 Å². The number of anilines is 1. The van der Waals surface area contributed by atoms with Gasteiger partial charge in [0.1, 0.15) is 0 Å². The number of rotatable bonds is 6. The quantitative estimate of drug-likeness (QED) is 0.493. The molecule has 1 aliphatic rings. The highest BCUT2D eigenvalue weighted by Gasteiger charge is 2.31. The standard InChI is InChI=1S/C25H23ClN2O2.ClH/c26-20-13-14-22(21(16-20)24(29)19-10-5-2-6-11-19)27-25(30)23-12-7-15-28(23)17-18-8-3-1-4-9-18;/h1-6,8-11,13-14,16,23H,7,12,15,17H2,(H,27,30);1H. The lowest BCUT2D eigenvalue weighted by atomic mass is 10.0. The summed E-state index contributed by atoms with van der Waals surface area (Å²) in [6.07, 6.45) is 1.77. The molecule has 0 radical (unpaired) electrons. The molecule has 0 spiro atoms. The lowest BCUT2D eigenvalue weighted by molar-refractivity contribution is -0.120. The van der Waals surface area contributed by atoms with Crippen LogP contribution >= 0.6 is 24.0 Å². The summed E-state index contributed by atoms with van der Waals surface area (Å²) >= 11 is 6.15. The summed E-state index contributed by atoms with van der Waals surface area (Å²) in [5.74, 6) is -0.256. The van der Waals surface area contributed by atoms with E-state index in [0.717, 1.165) is 25.9 Å². The van der Waals surface area contributed by atoms with Crippen molar-refractivity contribution in [3.05, 3.63) is 101 Å².